The Bertz CT molecular complexity index is 1010. The van der Waals surface area contributed by atoms with E-state index in [0.717, 1.165) is 24.5 Å². The summed E-state index contributed by atoms with van der Waals surface area (Å²) in [5, 5.41) is 11.0. The van der Waals surface area contributed by atoms with Gasteiger partial charge in [-0.05, 0) is 61.7 Å². The monoisotopic (exact) mass is 408 g/mol. The number of hydrogen-bond donors (Lipinski definition) is 1. The quantitative estimate of drug-likeness (QED) is 0.700. The number of aromatic nitrogens is 4. The standard InChI is InChI=1S/C22H25FN6O/c1-16-21(26-27-29(16)19-8-6-18(23)7-9-19)22(30)25-15-17-10-11-24-20(14-17)28-12-4-2-3-5-13-28/h6-11,14H,2-5,12-13,15H2,1H3,(H,25,30). The number of carbonyl (C=O) groups is 1. The van der Waals surface area contributed by atoms with Crippen molar-refractivity contribution in [3.8, 4) is 5.69 Å². The molecule has 1 saturated heterocycles. The Hall–Kier alpha value is -3.29. The van der Waals surface area contributed by atoms with Crippen LogP contribution in [-0.2, 0) is 6.54 Å². The number of nitrogens with one attached hydrogen (secondary N) is 1. The van der Waals surface area contributed by atoms with Crippen LogP contribution in [0.4, 0.5) is 10.2 Å². The smallest absolute Gasteiger partial charge is 0.274 e. The highest BCUT2D eigenvalue weighted by Gasteiger charge is 2.17. The maximum absolute atomic E-state index is 13.1. The summed E-state index contributed by atoms with van der Waals surface area (Å²) in [7, 11) is 0. The van der Waals surface area contributed by atoms with Gasteiger partial charge in [0.05, 0.1) is 11.4 Å². The fourth-order valence-corrected chi connectivity index (χ4v) is 3.68. The molecule has 0 bridgehead atoms. The molecule has 8 heteroatoms. The van der Waals surface area contributed by atoms with Crippen LogP contribution in [-0.4, -0.2) is 39.0 Å². The van der Waals surface area contributed by atoms with Gasteiger partial charge in [-0.1, -0.05) is 18.1 Å². The lowest BCUT2D eigenvalue weighted by molar-refractivity contribution is 0.0945. The fourth-order valence-electron chi connectivity index (χ4n) is 3.68. The van der Waals surface area contributed by atoms with Crippen molar-refractivity contribution >= 4 is 11.7 Å². The van der Waals surface area contributed by atoms with E-state index in [2.05, 4.69) is 25.5 Å². The third-order valence-corrected chi connectivity index (χ3v) is 5.37. The van der Waals surface area contributed by atoms with Crippen LogP contribution in [0.1, 0.15) is 47.4 Å². The molecule has 0 spiro atoms. The number of amides is 1. The van der Waals surface area contributed by atoms with Gasteiger partial charge in [0.1, 0.15) is 11.6 Å². The molecule has 3 heterocycles. The molecule has 1 amide bonds. The molecular weight excluding hydrogens is 383 g/mol. The third kappa shape index (κ3) is 4.48. The van der Waals surface area contributed by atoms with Gasteiger partial charge < -0.3 is 10.2 Å². The van der Waals surface area contributed by atoms with E-state index in [9.17, 15) is 9.18 Å². The van der Waals surface area contributed by atoms with Crippen molar-refractivity contribution in [2.45, 2.75) is 39.2 Å². The molecule has 1 N–H and O–H groups in total. The van der Waals surface area contributed by atoms with E-state index in [1.165, 1.54) is 42.5 Å². The summed E-state index contributed by atoms with van der Waals surface area (Å²) in [6.45, 7) is 4.19. The minimum atomic E-state index is -0.327. The molecular formula is C22H25FN6O. The van der Waals surface area contributed by atoms with Crippen molar-refractivity contribution in [1.29, 1.82) is 0 Å². The molecule has 0 unspecified atom stereocenters. The van der Waals surface area contributed by atoms with E-state index in [1.807, 2.05) is 12.1 Å². The first-order valence-electron chi connectivity index (χ1n) is 10.3. The van der Waals surface area contributed by atoms with E-state index < -0.39 is 0 Å². The summed E-state index contributed by atoms with van der Waals surface area (Å²) in [4.78, 5) is 19.5. The largest absolute Gasteiger partial charge is 0.357 e. The van der Waals surface area contributed by atoms with Crippen molar-refractivity contribution in [1.82, 2.24) is 25.3 Å². The van der Waals surface area contributed by atoms with Crippen molar-refractivity contribution in [3.63, 3.8) is 0 Å². The van der Waals surface area contributed by atoms with E-state index in [-0.39, 0.29) is 17.4 Å². The molecule has 1 aliphatic heterocycles. The number of halogens is 1. The Labute approximate surface area is 174 Å². The molecule has 1 fully saturated rings. The average Bonchev–Trinajstić information content (AvgIpc) is 2.97. The second kappa shape index (κ2) is 9.02. The minimum absolute atomic E-state index is 0.251. The van der Waals surface area contributed by atoms with Crippen LogP contribution < -0.4 is 10.2 Å². The zero-order valence-electron chi connectivity index (χ0n) is 17.0. The van der Waals surface area contributed by atoms with Crippen molar-refractivity contribution in [2.75, 3.05) is 18.0 Å². The van der Waals surface area contributed by atoms with Gasteiger partial charge >= 0.3 is 0 Å². The number of carbonyl (C=O) groups excluding carboxylic acids is 1. The maximum Gasteiger partial charge on any atom is 0.274 e. The second-order valence-corrected chi connectivity index (χ2v) is 7.52. The summed E-state index contributed by atoms with van der Waals surface area (Å²) < 4.78 is 14.7. The van der Waals surface area contributed by atoms with E-state index in [4.69, 9.17) is 0 Å². The number of pyridine rings is 1. The van der Waals surface area contributed by atoms with Crippen molar-refractivity contribution < 1.29 is 9.18 Å². The highest BCUT2D eigenvalue weighted by atomic mass is 19.1. The molecule has 7 nitrogen and oxygen atoms in total. The molecule has 2 aromatic heterocycles. The lowest BCUT2D eigenvalue weighted by atomic mass is 10.2. The number of hydrogen-bond acceptors (Lipinski definition) is 5. The number of benzene rings is 1. The Morgan fingerprint density at radius 3 is 2.57 bits per heavy atom. The third-order valence-electron chi connectivity index (χ3n) is 5.37. The number of anilines is 1. The first kappa shape index (κ1) is 20.0. The van der Waals surface area contributed by atoms with Crippen LogP contribution in [0, 0.1) is 12.7 Å². The molecule has 30 heavy (non-hydrogen) atoms. The van der Waals surface area contributed by atoms with Gasteiger partial charge in [-0.25, -0.2) is 14.1 Å². The van der Waals surface area contributed by atoms with Gasteiger partial charge in [0.25, 0.3) is 5.91 Å². The zero-order valence-corrected chi connectivity index (χ0v) is 17.0. The summed E-state index contributed by atoms with van der Waals surface area (Å²) in [6, 6.07) is 9.83. The molecule has 0 saturated carbocycles. The predicted octanol–water partition coefficient (Wildman–Crippen LogP) is 3.42. The molecule has 4 rings (SSSR count). The molecule has 1 aliphatic rings. The Morgan fingerprint density at radius 1 is 1.10 bits per heavy atom. The highest BCUT2D eigenvalue weighted by Crippen LogP contribution is 2.18. The zero-order chi connectivity index (χ0) is 20.9. The van der Waals surface area contributed by atoms with Crippen molar-refractivity contribution in [2.24, 2.45) is 0 Å². The second-order valence-electron chi connectivity index (χ2n) is 7.52. The lowest BCUT2D eigenvalue weighted by Gasteiger charge is -2.21. The minimum Gasteiger partial charge on any atom is -0.357 e. The van der Waals surface area contributed by atoms with Gasteiger partial charge in [-0.2, -0.15) is 0 Å². The molecule has 3 aromatic rings. The Kier molecular flexibility index (Phi) is 6.02. The van der Waals surface area contributed by atoms with Crippen LogP contribution in [0.2, 0.25) is 0 Å². The highest BCUT2D eigenvalue weighted by molar-refractivity contribution is 5.93. The fraction of sp³-hybridized carbons (Fsp3) is 0.364. The SMILES string of the molecule is Cc1c(C(=O)NCc2ccnc(N3CCCCCC3)c2)nnn1-c1ccc(F)cc1. The summed E-state index contributed by atoms with van der Waals surface area (Å²) >= 11 is 0. The lowest BCUT2D eigenvalue weighted by Crippen LogP contribution is -2.26. The Balaban J connectivity index is 1.43. The predicted molar refractivity (Wildman–Crippen MR) is 112 cm³/mol. The van der Waals surface area contributed by atoms with Gasteiger partial charge in [0.15, 0.2) is 5.69 Å². The number of rotatable bonds is 5. The van der Waals surface area contributed by atoms with Crippen LogP contribution in [0.3, 0.4) is 0 Å². The van der Waals surface area contributed by atoms with Crippen LogP contribution >= 0.6 is 0 Å². The topological polar surface area (TPSA) is 75.9 Å². The van der Waals surface area contributed by atoms with Gasteiger partial charge in [0, 0.05) is 25.8 Å². The van der Waals surface area contributed by atoms with Crippen LogP contribution in [0.15, 0.2) is 42.6 Å². The maximum atomic E-state index is 13.1. The van der Waals surface area contributed by atoms with Crippen LogP contribution in [0.5, 0.6) is 0 Å². The van der Waals surface area contributed by atoms with E-state index in [0.29, 0.717) is 17.9 Å². The van der Waals surface area contributed by atoms with Gasteiger partial charge in [-0.15, -0.1) is 5.10 Å². The van der Waals surface area contributed by atoms with Crippen molar-refractivity contribution in [3.05, 3.63) is 65.4 Å². The molecule has 156 valence electrons. The average molecular weight is 408 g/mol. The molecule has 0 radical (unpaired) electrons. The summed E-state index contributed by atoms with van der Waals surface area (Å²) in [5.41, 5.74) is 2.48. The van der Waals surface area contributed by atoms with E-state index in [1.54, 1.807) is 25.3 Å². The normalized spacial score (nSPS) is 14.4. The first-order valence-corrected chi connectivity index (χ1v) is 10.3. The van der Waals surface area contributed by atoms with E-state index >= 15 is 0 Å². The van der Waals surface area contributed by atoms with Gasteiger partial charge in [0.2, 0.25) is 0 Å². The van der Waals surface area contributed by atoms with Crippen LogP contribution in [0.25, 0.3) is 5.69 Å². The first-order chi connectivity index (χ1) is 14.6. The summed E-state index contributed by atoms with van der Waals surface area (Å²) in [6.07, 6.45) is 6.70. The molecule has 0 aliphatic carbocycles. The molecule has 1 aromatic carbocycles. The van der Waals surface area contributed by atoms with Gasteiger partial charge in [-0.3, -0.25) is 4.79 Å². The summed E-state index contributed by atoms with van der Waals surface area (Å²) in [5.74, 6) is 0.336. The molecule has 0 atom stereocenters. The Morgan fingerprint density at radius 2 is 1.83 bits per heavy atom. The number of nitrogens with zero attached hydrogens (tertiary/aromatic N) is 5.